The van der Waals surface area contributed by atoms with Crippen LogP contribution in [0.25, 0.3) is 0 Å². The van der Waals surface area contributed by atoms with Crippen molar-refractivity contribution in [2.24, 2.45) is 10.4 Å². The van der Waals surface area contributed by atoms with Crippen LogP contribution in [0, 0.1) is 5.41 Å². The molecule has 0 radical (unpaired) electrons. The van der Waals surface area contributed by atoms with E-state index in [0.29, 0.717) is 12.0 Å². The second-order valence-corrected chi connectivity index (χ2v) is 7.17. The molecule has 6 heteroatoms. The lowest BCUT2D eigenvalue weighted by Gasteiger charge is -2.30. The van der Waals surface area contributed by atoms with Gasteiger partial charge in [-0.05, 0) is 52.4 Å². The molecule has 2 N–H and O–H groups in total. The van der Waals surface area contributed by atoms with Gasteiger partial charge in [0.05, 0.1) is 12.1 Å². The van der Waals surface area contributed by atoms with Crippen LogP contribution in [0.1, 0.15) is 59.8 Å². The number of guanidine groups is 1. The zero-order valence-electron chi connectivity index (χ0n) is 16.2. The molecular weight excluding hydrogens is 417 g/mol. The fraction of sp³-hybridized carbons (Fsp3) is 0.944. The Balaban J connectivity index is 0.00000529. The zero-order valence-corrected chi connectivity index (χ0v) is 18.6. The van der Waals surface area contributed by atoms with Crippen molar-refractivity contribution in [2.75, 3.05) is 40.0 Å². The molecule has 0 spiro atoms. The molecule has 1 rings (SSSR count). The van der Waals surface area contributed by atoms with E-state index in [1.165, 1.54) is 25.7 Å². The van der Waals surface area contributed by atoms with Gasteiger partial charge >= 0.3 is 0 Å². The summed E-state index contributed by atoms with van der Waals surface area (Å²) in [5.74, 6) is 0.889. The molecule has 5 nitrogen and oxygen atoms in total. The standard InChI is InChI=1S/C18H37N3O2.HI/c1-6-19-16(20-14-17(3,4)22-5)21-15-18(10-8-9-11-18)12-13-23-7-2;/h6-15H2,1-5H3,(H2,19,20,21);1H. The fourth-order valence-corrected chi connectivity index (χ4v) is 3.02. The molecule has 1 fully saturated rings. The first-order valence-corrected chi connectivity index (χ1v) is 9.12. The predicted molar refractivity (Wildman–Crippen MR) is 112 cm³/mol. The molecule has 24 heavy (non-hydrogen) atoms. The summed E-state index contributed by atoms with van der Waals surface area (Å²) in [6, 6.07) is 0. The molecule has 0 amide bonds. The largest absolute Gasteiger partial charge is 0.382 e. The number of halogens is 1. The Morgan fingerprint density at radius 2 is 1.83 bits per heavy atom. The Hall–Kier alpha value is -0.0800. The van der Waals surface area contributed by atoms with E-state index in [2.05, 4.69) is 43.3 Å². The van der Waals surface area contributed by atoms with E-state index in [1.54, 1.807) is 7.11 Å². The molecule has 0 unspecified atom stereocenters. The summed E-state index contributed by atoms with van der Waals surface area (Å²) < 4.78 is 11.0. The normalized spacial score (nSPS) is 17.5. The number of nitrogens with zero attached hydrogens (tertiary/aromatic N) is 1. The molecule has 0 aromatic carbocycles. The van der Waals surface area contributed by atoms with Gasteiger partial charge in [0.15, 0.2) is 5.96 Å². The second kappa shape index (κ2) is 12.3. The number of aliphatic imine (C=N–C) groups is 1. The third kappa shape index (κ3) is 8.85. The molecule has 1 saturated carbocycles. The van der Waals surface area contributed by atoms with Gasteiger partial charge in [0.1, 0.15) is 0 Å². The summed E-state index contributed by atoms with van der Waals surface area (Å²) in [4.78, 5) is 4.68. The Morgan fingerprint density at radius 1 is 1.17 bits per heavy atom. The van der Waals surface area contributed by atoms with Crippen molar-refractivity contribution < 1.29 is 9.47 Å². The zero-order chi connectivity index (χ0) is 17.2. The molecule has 1 aliphatic rings. The molecule has 0 heterocycles. The summed E-state index contributed by atoms with van der Waals surface area (Å²) in [5, 5.41) is 6.89. The lowest BCUT2D eigenvalue weighted by molar-refractivity contribution is 0.0310. The Kier molecular flexibility index (Phi) is 12.3. The van der Waals surface area contributed by atoms with E-state index in [-0.39, 0.29) is 29.6 Å². The van der Waals surface area contributed by atoms with Gasteiger partial charge in [-0.25, -0.2) is 0 Å². The Labute approximate surface area is 165 Å². The summed E-state index contributed by atoms with van der Waals surface area (Å²) in [5.41, 5.74) is 0.129. The van der Waals surface area contributed by atoms with Crippen LogP contribution in [0.3, 0.4) is 0 Å². The minimum absolute atomic E-state index is 0. The molecule has 1 aliphatic carbocycles. The van der Waals surface area contributed by atoms with Gasteiger partial charge in [0, 0.05) is 33.4 Å². The molecule has 0 aliphatic heterocycles. The molecule has 0 saturated heterocycles. The van der Waals surface area contributed by atoms with Crippen LogP contribution in [-0.4, -0.2) is 51.5 Å². The number of ether oxygens (including phenoxy) is 2. The van der Waals surface area contributed by atoms with Gasteiger partial charge < -0.3 is 20.1 Å². The minimum atomic E-state index is -0.234. The van der Waals surface area contributed by atoms with Gasteiger partial charge in [0.2, 0.25) is 0 Å². The van der Waals surface area contributed by atoms with Crippen molar-refractivity contribution >= 4 is 29.9 Å². The van der Waals surface area contributed by atoms with Crippen molar-refractivity contribution in [2.45, 2.75) is 65.4 Å². The minimum Gasteiger partial charge on any atom is -0.382 e. The van der Waals surface area contributed by atoms with Crippen LogP contribution in [-0.2, 0) is 9.47 Å². The van der Waals surface area contributed by atoms with Crippen molar-refractivity contribution in [1.29, 1.82) is 0 Å². The van der Waals surface area contributed by atoms with Gasteiger partial charge in [-0.3, -0.25) is 4.99 Å². The van der Waals surface area contributed by atoms with Crippen LogP contribution in [0.15, 0.2) is 4.99 Å². The number of methoxy groups -OCH3 is 1. The first-order chi connectivity index (χ1) is 11.0. The van der Waals surface area contributed by atoms with E-state index < -0.39 is 0 Å². The Morgan fingerprint density at radius 3 is 2.38 bits per heavy atom. The average Bonchev–Trinajstić information content (AvgIpc) is 3.00. The van der Waals surface area contributed by atoms with Crippen molar-refractivity contribution in [1.82, 2.24) is 10.6 Å². The van der Waals surface area contributed by atoms with Gasteiger partial charge in [-0.15, -0.1) is 24.0 Å². The number of hydrogen-bond donors (Lipinski definition) is 2. The molecule has 0 aromatic heterocycles. The monoisotopic (exact) mass is 455 g/mol. The average molecular weight is 455 g/mol. The molecule has 0 aromatic rings. The van der Waals surface area contributed by atoms with Crippen LogP contribution in [0.5, 0.6) is 0 Å². The highest BCUT2D eigenvalue weighted by atomic mass is 127. The SMILES string of the molecule is CCNC(=NCC(C)(C)OC)NCC1(CCOCC)CCCC1.I. The van der Waals surface area contributed by atoms with Crippen molar-refractivity contribution in [3.63, 3.8) is 0 Å². The number of rotatable bonds is 10. The van der Waals surface area contributed by atoms with E-state index in [9.17, 15) is 0 Å². The Bertz CT molecular complexity index is 356. The quantitative estimate of drug-likeness (QED) is 0.229. The van der Waals surface area contributed by atoms with Crippen LogP contribution >= 0.6 is 24.0 Å². The molecular formula is C18H38IN3O2. The fourth-order valence-electron chi connectivity index (χ4n) is 3.02. The van der Waals surface area contributed by atoms with E-state index in [1.807, 2.05) is 0 Å². The predicted octanol–water partition coefficient (Wildman–Crippen LogP) is 3.57. The maximum absolute atomic E-state index is 5.59. The highest BCUT2D eigenvalue weighted by Crippen LogP contribution is 2.40. The maximum atomic E-state index is 5.59. The summed E-state index contributed by atoms with van der Waals surface area (Å²) in [6.45, 7) is 12.4. The first-order valence-electron chi connectivity index (χ1n) is 9.12. The smallest absolute Gasteiger partial charge is 0.191 e. The lowest BCUT2D eigenvalue weighted by atomic mass is 9.83. The molecule has 0 atom stereocenters. The highest BCUT2D eigenvalue weighted by molar-refractivity contribution is 14.0. The number of nitrogens with one attached hydrogen (secondary N) is 2. The molecule has 144 valence electrons. The van der Waals surface area contributed by atoms with Gasteiger partial charge in [0.25, 0.3) is 0 Å². The lowest BCUT2D eigenvalue weighted by Crippen LogP contribution is -2.44. The number of hydrogen-bond acceptors (Lipinski definition) is 3. The van der Waals surface area contributed by atoms with Crippen molar-refractivity contribution in [3.05, 3.63) is 0 Å². The summed E-state index contributed by atoms with van der Waals surface area (Å²) >= 11 is 0. The third-order valence-corrected chi connectivity index (χ3v) is 4.79. The third-order valence-electron chi connectivity index (χ3n) is 4.79. The van der Waals surface area contributed by atoms with Crippen LogP contribution < -0.4 is 10.6 Å². The van der Waals surface area contributed by atoms with E-state index in [4.69, 9.17) is 9.47 Å². The highest BCUT2D eigenvalue weighted by Gasteiger charge is 2.33. The van der Waals surface area contributed by atoms with Crippen LogP contribution in [0.2, 0.25) is 0 Å². The summed E-state index contributed by atoms with van der Waals surface area (Å²) in [6.07, 6.45) is 6.37. The topological polar surface area (TPSA) is 54.9 Å². The second-order valence-electron chi connectivity index (χ2n) is 7.17. The van der Waals surface area contributed by atoms with E-state index in [0.717, 1.165) is 38.7 Å². The summed E-state index contributed by atoms with van der Waals surface area (Å²) in [7, 11) is 1.73. The van der Waals surface area contributed by atoms with Crippen LogP contribution in [0.4, 0.5) is 0 Å². The van der Waals surface area contributed by atoms with E-state index >= 15 is 0 Å². The van der Waals surface area contributed by atoms with Gasteiger partial charge in [-0.2, -0.15) is 0 Å². The maximum Gasteiger partial charge on any atom is 0.191 e. The first kappa shape index (κ1) is 23.9. The van der Waals surface area contributed by atoms with Crippen molar-refractivity contribution in [3.8, 4) is 0 Å². The van der Waals surface area contributed by atoms with Gasteiger partial charge in [-0.1, -0.05) is 12.8 Å². The molecule has 0 bridgehead atoms.